The number of fused-ring (bicyclic) bond motifs is 2. The predicted molar refractivity (Wildman–Crippen MR) is 57.5 cm³/mol. The Bertz CT molecular complexity index is 234. The van der Waals surface area contributed by atoms with Gasteiger partial charge in [0.1, 0.15) is 0 Å². The topological polar surface area (TPSA) is 38.3 Å². The van der Waals surface area contributed by atoms with Gasteiger partial charge in [0.15, 0.2) is 0 Å². The molecule has 0 aromatic carbocycles. The number of carbonyl (C=O) groups is 1. The van der Waals surface area contributed by atoms with E-state index in [1.54, 1.807) is 0 Å². The number of halogens is 1. The SMILES string of the molecule is CCOC(=O)NC1C2CCC1C(Br)C2. The van der Waals surface area contributed by atoms with E-state index >= 15 is 0 Å². The maximum Gasteiger partial charge on any atom is 0.407 e. The van der Waals surface area contributed by atoms with Crippen LogP contribution in [0.1, 0.15) is 26.2 Å². The smallest absolute Gasteiger partial charge is 0.407 e. The number of hydrogen-bond donors (Lipinski definition) is 1. The summed E-state index contributed by atoms with van der Waals surface area (Å²) in [5.74, 6) is 1.28. The lowest BCUT2D eigenvalue weighted by atomic mass is 10.0. The van der Waals surface area contributed by atoms with Crippen LogP contribution in [0.5, 0.6) is 0 Å². The van der Waals surface area contributed by atoms with E-state index < -0.39 is 0 Å². The van der Waals surface area contributed by atoms with Crippen LogP contribution in [0.3, 0.4) is 0 Å². The first-order chi connectivity index (χ1) is 6.72. The first-order valence-electron chi connectivity index (χ1n) is 5.29. The van der Waals surface area contributed by atoms with Gasteiger partial charge in [-0.2, -0.15) is 0 Å². The molecule has 0 spiro atoms. The standard InChI is InChI=1S/C10H16BrNO2/c1-2-14-10(13)12-9-6-3-4-7(9)8(11)5-6/h6-9H,2-5H2,1H3,(H,12,13). The number of carbonyl (C=O) groups excluding carboxylic acids is 1. The molecule has 0 saturated heterocycles. The van der Waals surface area contributed by atoms with Crippen LogP contribution in [0.15, 0.2) is 0 Å². The number of nitrogens with one attached hydrogen (secondary N) is 1. The number of hydrogen-bond acceptors (Lipinski definition) is 2. The monoisotopic (exact) mass is 261 g/mol. The Balaban J connectivity index is 1.90. The lowest BCUT2D eigenvalue weighted by molar-refractivity contribution is 0.145. The van der Waals surface area contributed by atoms with Crippen molar-refractivity contribution >= 4 is 22.0 Å². The Morgan fingerprint density at radius 2 is 2.36 bits per heavy atom. The molecule has 1 N–H and O–H groups in total. The van der Waals surface area contributed by atoms with Crippen LogP contribution < -0.4 is 5.32 Å². The lowest BCUT2D eigenvalue weighted by Crippen LogP contribution is -2.39. The molecule has 3 nitrogen and oxygen atoms in total. The number of amides is 1. The summed E-state index contributed by atoms with van der Waals surface area (Å²) >= 11 is 3.67. The number of alkyl halides is 1. The van der Waals surface area contributed by atoms with Crippen LogP contribution in [0.2, 0.25) is 0 Å². The first kappa shape index (κ1) is 10.3. The van der Waals surface area contributed by atoms with Gasteiger partial charge in [0.05, 0.1) is 6.61 Å². The van der Waals surface area contributed by atoms with E-state index in [-0.39, 0.29) is 6.09 Å². The molecule has 0 radical (unpaired) electrons. The molecule has 0 aromatic rings. The minimum atomic E-state index is -0.254. The van der Waals surface area contributed by atoms with Crippen molar-refractivity contribution in [2.24, 2.45) is 11.8 Å². The van der Waals surface area contributed by atoms with Crippen molar-refractivity contribution in [2.75, 3.05) is 6.61 Å². The third-order valence-electron chi connectivity index (χ3n) is 3.39. The van der Waals surface area contributed by atoms with E-state index in [1.807, 2.05) is 6.92 Å². The summed E-state index contributed by atoms with van der Waals surface area (Å²) in [5, 5.41) is 2.98. The molecule has 1 amide bonds. The third-order valence-corrected chi connectivity index (χ3v) is 4.45. The summed E-state index contributed by atoms with van der Waals surface area (Å²) in [6, 6.07) is 0.346. The van der Waals surface area contributed by atoms with E-state index in [2.05, 4.69) is 21.2 Å². The molecule has 2 rings (SSSR count). The van der Waals surface area contributed by atoms with Crippen molar-refractivity contribution in [1.29, 1.82) is 0 Å². The van der Waals surface area contributed by atoms with Crippen molar-refractivity contribution in [3.8, 4) is 0 Å². The van der Waals surface area contributed by atoms with E-state index in [0.29, 0.717) is 29.3 Å². The summed E-state index contributed by atoms with van der Waals surface area (Å²) in [5.41, 5.74) is 0. The van der Waals surface area contributed by atoms with Gasteiger partial charge in [-0.25, -0.2) is 4.79 Å². The van der Waals surface area contributed by atoms with Crippen LogP contribution in [0.25, 0.3) is 0 Å². The summed E-state index contributed by atoms with van der Waals surface area (Å²) in [6.07, 6.45) is 3.43. The molecule has 2 fully saturated rings. The van der Waals surface area contributed by atoms with Crippen LogP contribution in [-0.4, -0.2) is 23.6 Å². The van der Waals surface area contributed by atoms with Crippen molar-refractivity contribution in [3.63, 3.8) is 0 Å². The maximum absolute atomic E-state index is 11.3. The molecule has 2 saturated carbocycles. The highest BCUT2D eigenvalue weighted by Gasteiger charge is 2.47. The summed E-state index contributed by atoms with van der Waals surface area (Å²) in [7, 11) is 0. The molecule has 80 valence electrons. The zero-order valence-corrected chi connectivity index (χ0v) is 9.92. The molecule has 0 aliphatic heterocycles. The van der Waals surface area contributed by atoms with Gasteiger partial charge < -0.3 is 10.1 Å². The average molecular weight is 262 g/mol. The van der Waals surface area contributed by atoms with Crippen LogP contribution in [0, 0.1) is 11.8 Å². The molecule has 14 heavy (non-hydrogen) atoms. The molecule has 4 atom stereocenters. The molecule has 2 aliphatic carbocycles. The van der Waals surface area contributed by atoms with Gasteiger partial charge in [0, 0.05) is 10.9 Å². The second-order valence-corrected chi connectivity index (χ2v) is 5.32. The lowest BCUT2D eigenvalue weighted by Gasteiger charge is -2.17. The minimum Gasteiger partial charge on any atom is -0.450 e. The first-order valence-corrected chi connectivity index (χ1v) is 6.21. The summed E-state index contributed by atoms with van der Waals surface area (Å²) in [6.45, 7) is 2.28. The van der Waals surface area contributed by atoms with E-state index in [0.717, 1.165) is 0 Å². The predicted octanol–water partition coefficient (Wildman–Crippen LogP) is 2.29. The Kier molecular flexibility index (Phi) is 3.00. The second kappa shape index (κ2) is 4.09. The molecule has 4 unspecified atom stereocenters. The highest BCUT2D eigenvalue weighted by atomic mass is 79.9. The van der Waals surface area contributed by atoms with Gasteiger partial charge in [-0.1, -0.05) is 15.9 Å². The van der Waals surface area contributed by atoms with Crippen LogP contribution >= 0.6 is 15.9 Å². The van der Waals surface area contributed by atoms with Crippen molar-refractivity contribution in [2.45, 2.75) is 37.1 Å². The van der Waals surface area contributed by atoms with Gasteiger partial charge in [0.25, 0.3) is 0 Å². The normalized spacial score (nSPS) is 39.9. The highest BCUT2D eigenvalue weighted by molar-refractivity contribution is 9.09. The number of ether oxygens (including phenoxy) is 1. The molecule has 4 heteroatoms. The van der Waals surface area contributed by atoms with Gasteiger partial charge in [-0.3, -0.25) is 0 Å². The van der Waals surface area contributed by atoms with Crippen molar-refractivity contribution < 1.29 is 9.53 Å². The fourth-order valence-corrected chi connectivity index (χ4v) is 3.86. The molecular formula is C10H16BrNO2. The van der Waals surface area contributed by atoms with Gasteiger partial charge >= 0.3 is 6.09 Å². The van der Waals surface area contributed by atoms with E-state index in [1.165, 1.54) is 19.3 Å². The average Bonchev–Trinajstić information content (AvgIpc) is 2.62. The Hall–Kier alpha value is -0.250. The second-order valence-electron chi connectivity index (χ2n) is 4.14. The van der Waals surface area contributed by atoms with Gasteiger partial charge in [-0.15, -0.1) is 0 Å². The van der Waals surface area contributed by atoms with Crippen LogP contribution in [0.4, 0.5) is 4.79 Å². The summed E-state index contributed by atoms with van der Waals surface area (Å²) < 4.78 is 4.90. The quantitative estimate of drug-likeness (QED) is 0.775. The van der Waals surface area contributed by atoms with Gasteiger partial charge in [-0.05, 0) is 38.0 Å². The molecule has 0 heterocycles. The fraction of sp³-hybridized carbons (Fsp3) is 0.900. The van der Waals surface area contributed by atoms with E-state index in [4.69, 9.17) is 4.74 Å². The molecule has 2 aliphatic rings. The largest absolute Gasteiger partial charge is 0.450 e. The Morgan fingerprint density at radius 3 is 2.86 bits per heavy atom. The maximum atomic E-state index is 11.3. The molecular weight excluding hydrogens is 246 g/mol. The van der Waals surface area contributed by atoms with Crippen molar-refractivity contribution in [1.82, 2.24) is 5.32 Å². The van der Waals surface area contributed by atoms with E-state index in [9.17, 15) is 4.79 Å². The fourth-order valence-electron chi connectivity index (χ4n) is 2.78. The molecule has 0 aromatic heterocycles. The van der Waals surface area contributed by atoms with Crippen LogP contribution in [-0.2, 0) is 4.74 Å². The third kappa shape index (κ3) is 1.76. The summed E-state index contributed by atoms with van der Waals surface area (Å²) in [4.78, 5) is 11.9. The number of alkyl carbamates (subject to hydrolysis) is 1. The number of rotatable bonds is 2. The zero-order valence-electron chi connectivity index (χ0n) is 8.33. The van der Waals surface area contributed by atoms with Crippen molar-refractivity contribution in [3.05, 3.63) is 0 Å². The Morgan fingerprint density at radius 1 is 1.57 bits per heavy atom. The zero-order chi connectivity index (χ0) is 10.1. The minimum absolute atomic E-state index is 0.254. The molecule has 2 bridgehead atoms. The highest BCUT2D eigenvalue weighted by Crippen LogP contribution is 2.47. The van der Waals surface area contributed by atoms with Gasteiger partial charge in [0.2, 0.25) is 0 Å². The Labute approximate surface area is 92.7 Å².